The van der Waals surface area contributed by atoms with Crippen LogP contribution in [0.1, 0.15) is 37.8 Å². The molecule has 0 aliphatic heterocycles. The third-order valence-corrected chi connectivity index (χ3v) is 7.14. The van der Waals surface area contributed by atoms with Crippen LogP contribution in [0.5, 0.6) is 23.0 Å². The largest absolute Gasteiger partial charge is 0.496 e. The molecule has 0 saturated heterocycles. The lowest BCUT2D eigenvalue weighted by Gasteiger charge is -2.16. The van der Waals surface area contributed by atoms with Gasteiger partial charge in [0.25, 0.3) is 0 Å². The quantitative estimate of drug-likeness (QED) is 0.180. The molecule has 0 bridgehead atoms. The second-order valence-corrected chi connectivity index (χ2v) is 10.1. The number of benzene rings is 4. The molecule has 0 aliphatic rings. The van der Waals surface area contributed by atoms with E-state index in [1.54, 1.807) is 14.2 Å². The maximum absolute atomic E-state index is 11.4. The van der Waals surface area contributed by atoms with Crippen molar-refractivity contribution in [3.05, 3.63) is 71.8 Å². The maximum atomic E-state index is 11.4. The Morgan fingerprint density at radius 3 is 1.93 bits per heavy atom. The van der Waals surface area contributed by atoms with Crippen LogP contribution in [0.4, 0.5) is 0 Å². The number of hydrogen-bond acceptors (Lipinski definition) is 6. The Bertz CT molecular complexity index is 1530. The molecule has 4 rings (SSSR count). The van der Waals surface area contributed by atoms with Crippen LogP contribution >= 0.6 is 0 Å². The standard InChI is InChI=1S/C34H40N2O6/c1-23(37)35-18-16-28-30-22-27(13-10-25(30)11-14-31(28)39-3)41-20-5-6-21-42-33-9-7-8-26-12-15-32(40-4)29(34(26)33)17-19-36-24(2)38/h7-15,22H,5-6,16-21H2,1-4H3,(H,35,37)(H,36,38). The molecule has 4 aromatic rings. The summed E-state index contributed by atoms with van der Waals surface area (Å²) in [6, 6.07) is 20.1. The summed E-state index contributed by atoms with van der Waals surface area (Å²) in [5.41, 5.74) is 2.07. The Labute approximate surface area is 247 Å². The molecular weight excluding hydrogens is 532 g/mol. The minimum atomic E-state index is -0.0567. The number of carbonyl (C=O) groups is 2. The molecule has 222 valence electrons. The minimum Gasteiger partial charge on any atom is -0.496 e. The Hall–Kier alpha value is -4.46. The Morgan fingerprint density at radius 1 is 0.667 bits per heavy atom. The van der Waals surface area contributed by atoms with Crippen LogP contribution in [0.15, 0.2) is 60.7 Å². The van der Waals surface area contributed by atoms with E-state index in [0.29, 0.717) is 39.1 Å². The number of carbonyl (C=O) groups excluding carboxylic acids is 2. The summed E-state index contributed by atoms with van der Waals surface area (Å²) in [6.07, 6.45) is 2.96. The molecular formula is C34H40N2O6. The van der Waals surface area contributed by atoms with Gasteiger partial charge in [0.2, 0.25) is 11.8 Å². The Kier molecular flexibility index (Phi) is 10.9. The van der Waals surface area contributed by atoms with Crippen molar-refractivity contribution in [1.29, 1.82) is 0 Å². The highest BCUT2D eigenvalue weighted by molar-refractivity contribution is 5.93. The van der Waals surface area contributed by atoms with E-state index in [1.165, 1.54) is 13.8 Å². The SMILES string of the molecule is COc1ccc2ccc(OCCCCOc3cccc4ccc(OC)c(CCNC(C)=O)c34)cc2c1CCNC(C)=O. The maximum Gasteiger partial charge on any atom is 0.216 e. The zero-order valence-electron chi connectivity index (χ0n) is 24.9. The van der Waals surface area contributed by atoms with E-state index in [2.05, 4.69) is 16.7 Å². The summed E-state index contributed by atoms with van der Waals surface area (Å²) in [6.45, 7) is 5.21. The summed E-state index contributed by atoms with van der Waals surface area (Å²) < 4.78 is 23.6. The zero-order valence-corrected chi connectivity index (χ0v) is 24.9. The van der Waals surface area contributed by atoms with Crippen molar-refractivity contribution in [1.82, 2.24) is 10.6 Å². The summed E-state index contributed by atoms with van der Waals surface area (Å²) in [5, 5.41) is 9.97. The van der Waals surface area contributed by atoms with Gasteiger partial charge < -0.3 is 29.6 Å². The van der Waals surface area contributed by atoms with E-state index >= 15 is 0 Å². The van der Waals surface area contributed by atoms with Gasteiger partial charge in [-0.2, -0.15) is 0 Å². The summed E-state index contributed by atoms with van der Waals surface area (Å²) in [7, 11) is 3.32. The van der Waals surface area contributed by atoms with Crippen LogP contribution in [-0.4, -0.2) is 52.3 Å². The molecule has 2 N–H and O–H groups in total. The van der Waals surface area contributed by atoms with E-state index in [1.807, 2.05) is 54.6 Å². The average Bonchev–Trinajstić information content (AvgIpc) is 2.98. The monoisotopic (exact) mass is 572 g/mol. The van der Waals surface area contributed by atoms with Crippen LogP contribution in [0.25, 0.3) is 21.5 Å². The highest BCUT2D eigenvalue weighted by Crippen LogP contribution is 2.35. The number of nitrogens with one attached hydrogen (secondary N) is 2. The fourth-order valence-electron chi connectivity index (χ4n) is 5.14. The fourth-order valence-corrected chi connectivity index (χ4v) is 5.14. The van der Waals surface area contributed by atoms with Crippen LogP contribution in [0.2, 0.25) is 0 Å². The number of unbranched alkanes of at least 4 members (excludes halogenated alkanes) is 1. The van der Waals surface area contributed by atoms with Crippen molar-refractivity contribution in [3.8, 4) is 23.0 Å². The topological polar surface area (TPSA) is 95.1 Å². The first kappa shape index (κ1) is 30.5. The molecule has 0 atom stereocenters. The molecule has 0 fully saturated rings. The van der Waals surface area contributed by atoms with Crippen LogP contribution in [0, 0.1) is 0 Å². The second-order valence-electron chi connectivity index (χ2n) is 10.1. The van der Waals surface area contributed by atoms with Crippen molar-refractivity contribution in [2.45, 2.75) is 39.5 Å². The molecule has 8 heteroatoms. The van der Waals surface area contributed by atoms with E-state index in [-0.39, 0.29) is 11.8 Å². The molecule has 0 aromatic heterocycles. The number of hydrogen-bond donors (Lipinski definition) is 2. The van der Waals surface area contributed by atoms with E-state index in [0.717, 1.165) is 68.5 Å². The molecule has 2 amide bonds. The molecule has 0 aliphatic carbocycles. The van der Waals surface area contributed by atoms with Gasteiger partial charge in [0.1, 0.15) is 23.0 Å². The number of amides is 2. The van der Waals surface area contributed by atoms with E-state index < -0.39 is 0 Å². The third-order valence-electron chi connectivity index (χ3n) is 7.14. The van der Waals surface area contributed by atoms with Crippen molar-refractivity contribution < 1.29 is 28.5 Å². The van der Waals surface area contributed by atoms with Crippen molar-refractivity contribution >= 4 is 33.4 Å². The second kappa shape index (κ2) is 15.0. The van der Waals surface area contributed by atoms with Gasteiger partial charge in [-0.3, -0.25) is 9.59 Å². The first-order valence-corrected chi connectivity index (χ1v) is 14.3. The van der Waals surface area contributed by atoms with Gasteiger partial charge in [0.15, 0.2) is 0 Å². The smallest absolute Gasteiger partial charge is 0.216 e. The fraction of sp³-hybridized carbons (Fsp3) is 0.353. The predicted octanol–water partition coefficient (Wildman–Crippen LogP) is 5.61. The van der Waals surface area contributed by atoms with Crippen LogP contribution in [-0.2, 0) is 22.4 Å². The molecule has 8 nitrogen and oxygen atoms in total. The van der Waals surface area contributed by atoms with Gasteiger partial charge in [-0.25, -0.2) is 0 Å². The summed E-state index contributed by atoms with van der Waals surface area (Å²) in [5.74, 6) is 3.07. The number of fused-ring (bicyclic) bond motifs is 2. The average molecular weight is 573 g/mol. The number of rotatable bonds is 15. The van der Waals surface area contributed by atoms with Gasteiger partial charge in [-0.05, 0) is 72.2 Å². The Balaban J connectivity index is 1.36. The lowest BCUT2D eigenvalue weighted by atomic mass is 10.00. The lowest BCUT2D eigenvalue weighted by Crippen LogP contribution is -2.22. The molecule has 0 saturated carbocycles. The summed E-state index contributed by atoms with van der Waals surface area (Å²) in [4.78, 5) is 22.7. The van der Waals surface area contributed by atoms with E-state index in [9.17, 15) is 9.59 Å². The van der Waals surface area contributed by atoms with Crippen molar-refractivity contribution in [2.75, 3.05) is 40.5 Å². The minimum absolute atomic E-state index is 0.0511. The predicted molar refractivity (Wildman–Crippen MR) is 166 cm³/mol. The normalized spacial score (nSPS) is 10.9. The van der Waals surface area contributed by atoms with Crippen molar-refractivity contribution in [3.63, 3.8) is 0 Å². The lowest BCUT2D eigenvalue weighted by molar-refractivity contribution is -0.119. The first-order chi connectivity index (χ1) is 20.4. The third kappa shape index (κ3) is 7.84. The molecule has 42 heavy (non-hydrogen) atoms. The first-order valence-electron chi connectivity index (χ1n) is 14.3. The number of ether oxygens (including phenoxy) is 4. The molecule has 0 heterocycles. The van der Waals surface area contributed by atoms with Gasteiger partial charge in [0, 0.05) is 43.5 Å². The van der Waals surface area contributed by atoms with E-state index in [4.69, 9.17) is 18.9 Å². The van der Waals surface area contributed by atoms with Gasteiger partial charge in [-0.15, -0.1) is 0 Å². The zero-order chi connectivity index (χ0) is 29.9. The summed E-state index contributed by atoms with van der Waals surface area (Å²) >= 11 is 0. The molecule has 4 aromatic carbocycles. The van der Waals surface area contributed by atoms with Crippen molar-refractivity contribution in [2.24, 2.45) is 0 Å². The van der Waals surface area contributed by atoms with Crippen LogP contribution in [0.3, 0.4) is 0 Å². The molecule has 0 spiro atoms. The molecule has 0 radical (unpaired) electrons. The Morgan fingerprint density at radius 2 is 1.26 bits per heavy atom. The highest BCUT2D eigenvalue weighted by Gasteiger charge is 2.14. The van der Waals surface area contributed by atoms with Crippen LogP contribution < -0.4 is 29.6 Å². The van der Waals surface area contributed by atoms with Gasteiger partial charge in [-0.1, -0.05) is 30.3 Å². The van der Waals surface area contributed by atoms with Gasteiger partial charge in [0.05, 0.1) is 27.4 Å². The number of methoxy groups -OCH3 is 2. The highest BCUT2D eigenvalue weighted by atomic mass is 16.5. The molecule has 0 unspecified atom stereocenters. The van der Waals surface area contributed by atoms with Gasteiger partial charge >= 0.3 is 0 Å².